The molecule has 2 aromatic heterocycles. The smallest absolute Gasteiger partial charge is 0.147 e. The molecule has 9 nitrogen and oxygen atoms in total. The van der Waals surface area contributed by atoms with E-state index < -0.39 is 0 Å². The van der Waals surface area contributed by atoms with Gasteiger partial charge in [0, 0.05) is 39.5 Å². The van der Waals surface area contributed by atoms with E-state index in [4.69, 9.17) is 14.2 Å². The first-order chi connectivity index (χ1) is 32.6. The average molecular weight is 1700 g/mol. The third-order valence-corrected chi connectivity index (χ3v) is 206. The summed E-state index contributed by atoms with van der Waals surface area (Å²) >= 11 is 9.55. The second-order valence-corrected chi connectivity index (χ2v) is 137. The minimum absolute atomic E-state index is 0.0331. The average Bonchev–Trinajstić information content (AvgIpc) is 3.90. The predicted octanol–water partition coefficient (Wildman–Crippen LogP) is 23.7. The highest BCUT2D eigenvalue weighted by atomic mass is 79.9. The number of aromatic nitrogens is 4. The Hall–Kier alpha value is 12.1. The molecule has 0 aliphatic carbocycles. The van der Waals surface area contributed by atoms with Gasteiger partial charge >= 0.3 is 0 Å². The van der Waals surface area contributed by atoms with Crippen LogP contribution in [-0.2, 0) is 14.2 Å². The van der Waals surface area contributed by atoms with Crippen molar-refractivity contribution in [3.63, 3.8) is 0 Å². The number of hydrogen-bond donors (Lipinski definition) is 0. The van der Waals surface area contributed by atoms with Gasteiger partial charge < -0.3 is 24.0 Å². The zero-order chi connectivity index (χ0) is 52.6. The van der Waals surface area contributed by atoms with Crippen LogP contribution < -0.4 is 4.90 Å². The standard InChI is InChI=1S/C8H10BrN3O.C6H15N.C5H10O.C4H2Br2N2.C4H8O.H32P30/c9-7-5-11-8(6-10-7)12-1-3-13-4-2-12;1-4-7(5-2)6-3;1-2-4-6-5-3-1;5-3-1-7-4(6)2-8-3;1-2-4-5-3-1;1-17(2)25(18(3)4)29(26(19(5)6)20(7)8)30(27(21(9)10)22(11)12)28(23(13)14)24(15)16/h5-6H,1-4H2;4-6H2,1-3H3;1-5H2;1-2H;1-4H2;1-16H2. The zero-order valence-corrected chi connectivity index (χ0v) is 74.9. The lowest BCUT2D eigenvalue weighted by Gasteiger charge is -2.52. The van der Waals surface area contributed by atoms with Gasteiger partial charge in [0.2, 0.25) is 0 Å². The number of hydrogen-bond acceptors (Lipinski definition) is 9. The second-order valence-electron chi connectivity index (χ2n) is 13.2. The first kappa shape index (κ1) is 81.1. The number of anilines is 1. The number of nitrogens with zero attached hydrogens (tertiary/aromatic N) is 6. The molecule has 2 aromatic rings. The van der Waals surface area contributed by atoms with Gasteiger partial charge in [-0.2, -0.15) is 0 Å². The maximum absolute atomic E-state index is 5.25. The number of morpholine rings is 1. The summed E-state index contributed by atoms with van der Waals surface area (Å²) in [6, 6.07) is 0. The molecule has 5 heterocycles. The summed E-state index contributed by atoms with van der Waals surface area (Å²) in [5.74, 6) is 0.923. The summed E-state index contributed by atoms with van der Waals surface area (Å²) in [7, 11) is 52.6. The van der Waals surface area contributed by atoms with E-state index in [0.717, 1.165) is 72.4 Å². The molecule has 16 atom stereocenters. The molecule has 0 radical (unpaired) electrons. The van der Waals surface area contributed by atoms with Crippen molar-refractivity contribution in [1.29, 1.82) is 0 Å². The summed E-state index contributed by atoms with van der Waals surface area (Å²) < 4.78 is 17.5. The quantitative estimate of drug-likeness (QED) is 0.144. The highest BCUT2D eigenvalue weighted by Gasteiger charge is 2.50. The van der Waals surface area contributed by atoms with E-state index in [1.54, 1.807) is 24.8 Å². The third kappa shape index (κ3) is 38.2. The Morgan fingerprint density at radius 2 is 0.667 bits per heavy atom. The van der Waals surface area contributed by atoms with Gasteiger partial charge in [0.1, 0.15) is 19.6 Å². The van der Waals surface area contributed by atoms with Crippen LogP contribution in [0.15, 0.2) is 38.6 Å². The molecule has 0 amide bonds. The van der Waals surface area contributed by atoms with Crippen molar-refractivity contribution in [1.82, 2.24) is 24.8 Å². The van der Waals surface area contributed by atoms with Gasteiger partial charge in [0.15, 0.2) is 0 Å². The van der Waals surface area contributed by atoms with E-state index in [1.165, 1.54) is 51.7 Å². The fourth-order valence-electron chi connectivity index (χ4n) is 5.07. The minimum atomic E-state index is -0.0585. The van der Waals surface area contributed by atoms with E-state index >= 15 is 0 Å². The molecule has 3 aliphatic heterocycles. The van der Waals surface area contributed by atoms with Crippen molar-refractivity contribution in [2.75, 3.05) is 77.3 Å². The lowest BCUT2D eigenvalue weighted by molar-refractivity contribution is 0.0968. The fourth-order valence-corrected chi connectivity index (χ4v) is 404. The summed E-state index contributed by atoms with van der Waals surface area (Å²) in [5, 5.41) is 0. The van der Waals surface area contributed by atoms with Crippen LogP contribution in [0.4, 0.5) is 5.82 Å². The van der Waals surface area contributed by atoms with E-state index in [-0.39, 0.29) is 97.8 Å². The third-order valence-electron chi connectivity index (χ3n) is 8.23. The van der Waals surface area contributed by atoms with Crippen LogP contribution in [0, 0.1) is 0 Å². The molecule has 3 fully saturated rings. The molecule has 0 bridgehead atoms. The van der Waals surface area contributed by atoms with Crippen molar-refractivity contribution in [2.24, 2.45) is 0 Å². The first-order valence-corrected chi connectivity index (χ1v) is 76.8. The molecular weight excluding hydrogens is 1630 g/mol. The van der Waals surface area contributed by atoms with Crippen LogP contribution >= 0.6 is 288 Å². The monoisotopic (exact) mass is 1700 g/mol. The number of rotatable bonds is 17. The van der Waals surface area contributed by atoms with E-state index in [2.05, 4.69) is 241 Å². The molecule has 16 unspecified atom stereocenters. The van der Waals surface area contributed by atoms with Gasteiger partial charge in [0.25, 0.3) is 0 Å². The second kappa shape index (κ2) is 51.1. The molecule has 3 saturated heterocycles. The number of halogens is 3. The topological polar surface area (TPSA) is 85.7 Å². The molecule has 0 aromatic carbocycles. The Bertz CT molecular complexity index is 1360. The van der Waals surface area contributed by atoms with Crippen molar-refractivity contribution in [3.05, 3.63) is 38.6 Å². The summed E-state index contributed by atoms with van der Waals surface area (Å²) in [5.41, 5.74) is 0. The van der Waals surface area contributed by atoms with Crippen molar-refractivity contribution >= 4 is 294 Å². The lowest BCUT2D eigenvalue weighted by atomic mass is 10.2. The molecule has 42 heteroatoms. The molecule has 404 valence electrons. The van der Waals surface area contributed by atoms with E-state index in [0.29, 0.717) is 0 Å². The maximum Gasteiger partial charge on any atom is 0.147 e. The van der Waals surface area contributed by atoms with Crippen LogP contribution in [0.3, 0.4) is 0 Å². The van der Waals surface area contributed by atoms with E-state index in [1.807, 2.05) is 0 Å². The first-order valence-electron chi connectivity index (χ1n) is 20.5. The Labute approximate surface area is 496 Å². The highest BCUT2D eigenvalue weighted by molar-refractivity contribution is 9.44. The Morgan fingerprint density at radius 1 is 0.406 bits per heavy atom. The van der Waals surface area contributed by atoms with Gasteiger partial charge in [-0.15, -0.1) is 143 Å². The van der Waals surface area contributed by atoms with Crippen molar-refractivity contribution in [3.8, 4) is 0 Å². The minimum Gasteiger partial charge on any atom is -0.381 e. The van der Waals surface area contributed by atoms with Gasteiger partial charge in [0.05, 0.1) is 38.0 Å². The molecule has 5 rings (SSSR count). The molecule has 0 N–H and O–H groups in total. The van der Waals surface area contributed by atoms with Gasteiger partial charge in [-0.25, -0.2) is 19.9 Å². The largest absolute Gasteiger partial charge is 0.381 e. The lowest BCUT2D eigenvalue weighted by Crippen LogP contribution is -2.36. The molecular formula is C27H77Br3N6O3P30. The number of ether oxygens (including phenoxy) is 3. The molecule has 0 saturated carbocycles. The maximum atomic E-state index is 5.25. The Balaban J connectivity index is 0.000000949. The summed E-state index contributed by atoms with van der Waals surface area (Å²) in [4.78, 5) is 20.7. The Kier molecular flexibility index (Phi) is 60.1. The Morgan fingerprint density at radius 3 is 0.855 bits per heavy atom. The summed E-state index contributed by atoms with van der Waals surface area (Å²) in [6.07, 6.45) is 13.2. The van der Waals surface area contributed by atoms with Gasteiger partial charge in [-0.3, -0.25) is 0 Å². The van der Waals surface area contributed by atoms with Crippen LogP contribution in [0.1, 0.15) is 52.9 Å². The zero-order valence-electron chi connectivity index (χ0n) is 39.2. The van der Waals surface area contributed by atoms with Gasteiger partial charge in [-0.1, -0.05) is 20.8 Å². The molecule has 3 aliphatic rings. The van der Waals surface area contributed by atoms with Crippen molar-refractivity contribution < 1.29 is 14.2 Å². The normalized spacial score (nSPS) is 15.4. The van der Waals surface area contributed by atoms with Crippen LogP contribution in [0.5, 0.6) is 0 Å². The fraction of sp³-hybridized carbons (Fsp3) is 0.704. The van der Waals surface area contributed by atoms with Gasteiger partial charge in [-0.05, 0) is 197 Å². The predicted molar refractivity (Wildman–Crippen MR) is 421 cm³/mol. The summed E-state index contributed by atoms with van der Waals surface area (Å²) in [6.45, 7) is 17.2. The molecule has 0 spiro atoms. The van der Waals surface area contributed by atoms with Crippen molar-refractivity contribution in [2.45, 2.75) is 52.9 Å². The van der Waals surface area contributed by atoms with Crippen LogP contribution in [0.2, 0.25) is 0 Å². The van der Waals surface area contributed by atoms with Crippen LogP contribution in [0.25, 0.3) is 0 Å². The van der Waals surface area contributed by atoms with Crippen LogP contribution in [-0.4, -0.2) is 97.2 Å². The highest BCUT2D eigenvalue weighted by Crippen LogP contribution is 3.38. The SMILES string of the molecule is Brc1cnc(Br)cn1.Brc1cnc(N2CCOCC2)cn1.C1CCOC1.C1CCOCC1.CCN(CC)CC.PP(P)P(P(P)P)P(P(P(P)P)P(P)P)P(P(P(P)P)P(P)P)P(P(P)P)P(P)P. The van der Waals surface area contributed by atoms with E-state index in [9.17, 15) is 0 Å². The molecule has 69 heavy (non-hydrogen) atoms.